The lowest BCUT2D eigenvalue weighted by Gasteiger charge is -2.09. The van der Waals surface area contributed by atoms with Crippen LogP contribution >= 0.6 is 0 Å². The van der Waals surface area contributed by atoms with Crippen molar-refractivity contribution in [2.24, 2.45) is 0 Å². The van der Waals surface area contributed by atoms with Gasteiger partial charge in [0.2, 0.25) is 0 Å². The van der Waals surface area contributed by atoms with Crippen molar-refractivity contribution in [3.63, 3.8) is 0 Å². The molecule has 0 heterocycles. The van der Waals surface area contributed by atoms with E-state index in [4.69, 9.17) is 4.74 Å². The van der Waals surface area contributed by atoms with Crippen molar-refractivity contribution in [1.82, 2.24) is 10.2 Å². The van der Waals surface area contributed by atoms with Gasteiger partial charge < -0.3 is 15.0 Å². The van der Waals surface area contributed by atoms with E-state index in [-0.39, 0.29) is 0 Å². The van der Waals surface area contributed by atoms with Crippen LogP contribution in [0.4, 0.5) is 0 Å². The monoisotopic (exact) mass is 184 g/mol. The molecule has 0 saturated heterocycles. The fourth-order valence-corrected chi connectivity index (χ4v) is 0.733. The van der Waals surface area contributed by atoms with Gasteiger partial charge in [0.1, 0.15) is 0 Å². The molecule has 0 aromatic rings. The summed E-state index contributed by atoms with van der Waals surface area (Å²) >= 11 is 0. The van der Waals surface area contributed by atoms with Gasteiger partial charge in [-0.25, -0.2) is 0 Å². The van der Waals surface area contributed by atoms with Crippen LogP contribution in [0.15, 0.2) is 0 Å². The molecular formula is C10H20N2O. The third-order valence-corrected chi connectivity index (χ3v) is 1.50. The standard InChI is InChI=1S/C10H20N2O/c1-4-5-6-11-7-9-13-10-8-12(2)3/h11H,6-10H2,1-3H3. The number of rotatable bonds is 7. The van der Waals surface area contributed by atoms with E-state index in [1.54, 1.807) is 0 Å². The Morgan fingerprint density at radius 2 is 2.08 bits per heavy atom. The molecular weight excluding hydrogens is 164 g/mol. The van der Waals surface area contributed by atoms with E-state index in [1.165, 1.54) is 0 Å². The summed E-state index contributed by atoms with van der Waals surface area (Å²) in [6, 6.07) is 0. The Morgan fingerprint density at radius 1 is 1.31 bits per heavy atom. The zero-order valence-corrected chi connectivity index (χ0v) is 8.89. The highest BCUT2D eigenvalue weighted by molar-refractivity contribution is 4.96. The third kappa shape index (κ3) is 11.4. The fraction of sp³-hybridized carbons (Fsp3) is 0.800. The topological polar surface area (TPSA) is 24.5 Å². The summed E-state index contributed by atoms with van der Waals surface area (Å²) in [5.41, 5.74) is 0. The van der Waals surface area contributed by atoms with Crippen LogP contribution in [0.3, 0.4) is 0 Å². The van der Waals surface area contributed by atoms with Gasteiger partial charge in [-0.1, -0.05) is 5.92 Å². The van der Waals surface area contributed by atoms with Crippen molar-refractivity contribution < 1.29 is 4.74 Å². The molecule has 3 nitrogen and oxygen atoms in total. The Morgan fingerprint density at radius 3 is 2.69 bits per heavy atom. The normalized spacial score (nSPS) is 9.85. The van der Waals surface area contributed by atoms with E-state index in [0.29, 0.717) is 0 Å². The van der Waals surface area contributed by atoms with Crippen LogP contribution < -0.4 is 5.32 Å². The first-order chi connectivity index (χ1) is 6.27. The SMILES string of the molecule is CC#CCNCCOCCN(C)C. The molecule has 0 aromatic carbocycles. The van der Waals surface area contributed by atoms with Gasteiger partial charge in [0.25, 0.3) is 0 Å². The van der Waals surface area contributed by atoms with E-state index in [0.717, 1.165) is 32.8 Å². The van der Waals surface area contributed by atoms with E-state index in [1.807, 2.05) is 21.0 Å². The molecule has 13 heavy (non-hydrogen) atoms. The quantitative estimate of drug-likeness (QED) is 0.451. The second-order valence-corrected chi connectivity index (χ2v) is 3.02. The van der Waals surface area contributed by atoms with Crippen molar-refractivity contribution in [3.05, 3.63) is 0 Å². The first-order valence-electron chi connectivity index (χ1n) is 4.60. The van der Waals surface area contributed by atoms with E-state index in [9.17, 15) is 0 Å². The summed E-state index contributed by atoms with van der Waals surface area (Å²) in [4.78, 5) is 2.11. The minimum Gasteiger partial charge on any atom is -0.379 e. The lowest BCUT2D eigenvalue weighted by molar-refractivity contribution is 0.120. The second-order valence-electron chi connectivity index (χ2n) is 3.02. The first kappa shape index (κ1) is 12.4. The van der Waals surface area contributed by atoms with Crippen molar-refractivity contribution in [3.8, 4) is 11.8 Å². The minimum absolute atomic E-state index is 0.757. The van der Waals surface area contributed by atoms with Crippen molar-refractivity contribution in [1.29, 1.82) is 0 Å². The summed E-state index contributed by atoms with van der Waals surface area (Å²) in [7, 11) is 4.08. The molecule has 0 atom stereocenters. The van der Waals surface area contributed by atoms with E-state index in [2.05, 4.69) is 22.1 Å². The van der Waals surface area contributed by atoms with Crippen molar-refractivity contribution in [2.45, 2.75) is 6.92 Å². The zero-order chi connectivity index (χ0) is 9.94. The number of hydrogen-bond donors (Lipinski definition) is 1. The molecule has 0 amide bonds. The molecule has 0 aromatic heterocycles. The van der Waals surface area contributed by atoms with Gasteiger partial charge in [-0.15, -0.1) is 5.92 Å². The molecule has 0 radical (unpaired) electrons. The summed E-state index contributed by atoms with van der Waals surface area (Å²) in [6.07, 6.45) is 0. The third-order valence-electron chi connectivity index (χ3n) is 1.50. The van der Waals surface area contributed by atoms with Crippen LogP contribution in [0.5, 0.6) is 0 Å². The maximum atomic E-state index is 5.37. The Labute approximate surface area is 81.4 Å². The predicted molar refractivity (Wildman–Crippen MR) is 55.7 cm³/mol. The molecule has 0 rings (SSSR count). The summed E-state index contributed by atoms with van der Waals surface area (Å²) in [5, 5.41) is 3.16. The highest BCUT2D eigenvalue weighted by atomic mass is 16.5. The van der Waals surface area contributed by atoms with Crippen LogP contribution in [0.2, 0.25) is 0 Å². The molecule has 0 unspecified atom stereocenters. The molecule has 0 fully saturated rings. The molecule has 3 heteroatoms. The molecule has 0 spiro atoms. The number of ether oxygens (including phenoxy) is 1. The molecule has 0 aliphatic rings. The molecule has 76 valence electrons. The van der Waals surface area contributed by atoms with Crippen LogP contribution in [-0.4, -0.2) is 51.8 Å². The second kappa shape index (κ2) is 9.53. The van der Waals surface area contributed by atoms with Gasteiger partial charge in [0.05, 0.1) is 19.8 Å². The Hall–Kier alpha value is -0.560. The highest BCUT2D eigenvalue weighted by Crippen LogP contribution is 1.77. The smallest absolute Gasteiger partial charge is 0.0593 e. The van der Waals surface area contributed by atoms with Gasteiger partial charge in [0.15, 0.2) is 0 Å². The molecule has 0 aliphatic carbocycles. The average Bonchev–Trinajstić information content (AvgIpc) is 2.09. The van der Waals surface area contributed by atoms with Gasteiger partial charge in [0, 0.05) is 13.1 Å². The Bertz CT molecular complexity index is 158. The van der Waals surface area contributed by atoms with Crippen LogP contribution in [0.25, 0.3) is 0 Å². The van der Waals surface area contributed by atoms with E-state index >= 15 is 0 Å². The van der Waals surface area contributed by atoms with Gasteiger partial charge in [-0.05, 0) is 21.0 Å². The summed E-state index contributed by atoms with van der Waals surface area (Å²) in [6.45, 7) is 6.02. The van der Waals surface area contributed by atoms with Gasteiger partial charge in [-0.3, -0.25) is 0 Å². The first-order valence-corrected chi connectivity index (χ1v) is 4.60. The van der Waals surface area contributed by atoms with Crippen LogP contribution in [0.1, 0.15) is 6.92 Å². The molecule has 0 aliphatic heterocycles. The zero-order valence-electron chi connectivity index (χ0n) is 8.89. The Balaban J connectivity index is 2.94. The van der Waals surface area contributed by atoms with Gasteiger partial charge in [-0.2, -0.15) is 0 Å². The fourth-order valence-electron chi connectivity index (χ4n) is 0.733. The average molecular weight is 184 g/mol. The number of hydrogen-bond acceptors (Lipinski definition) is 3. The van der Waals surface area contributed by atoms with E-state index < -0.39 is 0 Å². The molecule has 0 saturated carbocycles. The number of nitrogens with one attached hydrogen (secondary N) is 1. The van der Waals surface area contributed by atoms with Crippen LogP contribution in [-0.2, 0) is 4.74 Å². The van der Waals surface area contributed by atoms with Gasteiger partial charge >= 0.3 is 0 Å². The summed E-state index contributed by atoms with van der Waals surface area (Å²) in [5.74, 6) is 5.76. The number of likely N-dealkylation sites (N-methyl/N-ethyl adjacent to an activating group) is 1. The predicted octanol–water partition coefficient (Wildman–Crippen LogP) is 0.178. The maximum absolute atomic E-state index is 5.37. The lowest BCUT2D eigenvalue weighted by atomic mass is 10.5. The van der Waals surface area contributed by atoms with Crippen molar-refractivity contribution in [2.75, 3.05) is 46.9 Å². The van der Waals surface area contributed by atoms with Crippen LogP contribution in [0, 0.1) is 11.8 Å². The number of nitrogens with zero attached hydrogens (tertiary/aromatic N) is 1. The molecule has 1 N–H and O–H groups in total. The molecule has 0 bridgehead atoms. The Kier molecular flexibility index (Phi) is 9.12. The van der Waals surface area contributed by atoms with Crippen molar-refractivity contribution >= 4 is 0 Å². The highest BCUT2D eigenvalue weighted by Gasteiger charge is 1.89. The summed E-state index contributed by atoms with van der Waals surface area (Å²) < 4.78 is 5.37. The largest absolute Gasteiger partial charge is 0.379 e. The minimum atomic E-state index is 0.757. The lowest BCUT2D eigenvalue weighted by Crippen LogP contribution is -2.23. The maximum Gasteiger partial charge on any atom is 0.0593 e.